The van der Waals surface area contributed by atoms with E-state index in [1.807, 2.05) is 31.3 Å². The topological polar surface area (TPSA) is 71.2 Å². The van der Waals surface area contributed by atoms with Crippen LogP contribution in [0.2, 0.25) is 0 Å². The number of nitrogen functional groups attached to an aromatic ring is 1. The highest BCUT2D eigenvalue weighted by molar-refractivity contribution is 6.06. The molecule has 0 radical (unpaired) electrons. The van der Waals surface area contributed by atoms with Gasteiger partial charge in [-0.15, -0.1) is 0 Å². The van der Waals surface area contributed by atoms with Crippen LogP contribution in [0.15, 0.2) is 30.3 Å². The summed E-state index contributed by atoms with van der Waals surface area (Å²) in [6.45, 7) is 5.03. The molecular weight excluding hydrogens is 264 g/mol. The zero-order valence-corrected chi connectivity index (χ0v) is 12.8. The molecule has 0 saturated heterocycles. The minimum absolute atomic E-state index is 0.00856. The maximum atomic E-state index is 12.7. The molecule has 1 aromatic heterocycles. The molecule has 1 amide bonds. The molecule has 0 fully saturated rings. The number of nitrogens with two attached hydrogens (primary N) is 1. The Morgan fingerprint density at radius 3 is 2.76 bits per heavy atom. The molecule has 5 heteroatoms. The first-order chi connectivity index (χ1) is 10.0. The number of hydrogen-bond donors (Lipinski definition) is 2. The average Bonchev–Trinajstić information content (AvgIpc) is 2.50. The zero-order chi connectivity index (χ0) is 15.4. The van der Waals surface area contributed by atoms with E-state index in [1.54, 1.807) is 11.0 Å². The van der Waals surface area contributed by atoms with Crippen molar-refractivity contribution >= 4 is 22.6 Å². The average molecular weight is 286 g/mol. The molecule has 112 valence electrons. The van der Waals surface area contributed by atoms with E-state index in [2.05, 4.69) is 24.3 Å². The fraction of sp³-hybridized carbons (Fsp3) is 0.375. The number of carbonyl (C=O) groups is 1. The number of para-hydroxylation sites is 1. The van der Waals surface area contributed by atoms with Gasteiger partial charge in [0.25, 0.3) is 5.91 Å². The minimum atomic E-state index is -0.00856. The van der Waals surface area contributed by atoms with Gasteiger partial charge in [-0.2, -0.15) is 0 Å². The van der Waals surface area contributed by atoms with Crippen LogP contribution in [-0.2, 0) is 0 Å². The van der Waals surface area contributed by atoms with Gasteiger partial charge in [-0.25, -0.2) is 10.8 Å². The SMILES string of the molecule is CC(C)CCN(C)C(=O)c1cc(NN)nc2ccccc12. The largest absolute Gasteiger partial charge is 0.342 e. The van der Waals surface area contributed by atoms with Gasteiger partial charge >= 0.3 is 0 Å². The van der Waals surface area contributed by atoms with Gasteiger partial charge in [0, 0.05) is 19.0 Å². The third-order valence-corrected chi connectivity index (χ3v) is 3.48. The molecule has 0 bridgehead atoms. The molecule has 0 unspecified atom stereocenters. The molecule has 5 nitrogen and oxygen atoms in total. The number of rotatable bonds is 5. The Bertz CT molecular complexity index is 639. The summed E-state index contributed by atoms with van der Waals surface area (Å²) in [4.78, 5) is 18.8. The summed E-state index contributed by atoms with van der Waals surface area (Å²) >= 11 is 0. The Morgan fingerprint density at radius 2 is 2.10 bits per heavy atom. The predicted molar refractivity (Wildman–Crippen MR) is 86.0 cm³/mol. The number of fused-ring (bicyclic) bond motifs is 1. The van der Waals surface area contributed by atoms with E-state index < -0.39 is 0 Å². The Morgan fingerprint density at radius 1 is 1.38 bits per heavy atom. The normalized spacial score (nSPS) is 10.9. The van der Waals surface area contributed by atoms with Crippen LogP contribution < -0.4 is 11.3 Å². The zero-order valence-electron chi connectivity index (χ0n) is 12.8. The van der Waals surface area contributed by atoms with E-state index in [9.17, 15) is 4.79 Å². The summed E-state index contributed by atoms with van der Waals surface area (Å²) in [6, 6.07) is 9.29. The Kier molecular flexibility index (Phi) is 4.75. The van der Waals surface area contributed by atoms with E-state index in [1.165, 1.54) is 0 Å². The quantitative estimate of drug-likeness (QED) is 0.655. The van der Waals surface area contributed by atoms with Crippen molar-refractivity contribution in [2.75, 3.05) is 19.0 Å². The Balaban J connectivity index is 2.37. The smallest absolute Gasteiger partial charge is 0.254 e. The maximum Gasteiger partial charge on any atom is 0.254 e. The molecule has 1 heterocycles. The maximum absolute atomic E-state index is 12.7. The number of hydrazine groups is 1. The fourth-order valence-corrected chi connectivity index (χ4v) is 2.19. The third kappa shape index (κ3) is 3.49. The molecule has 0 aliphatic carbocycles. The molecule has 2 rings (SSSR count). The summed E-state index contributed by atoms with van der Waals surface area (Å²) in [7, 11) is 1.83. The van der Waals surface area contributed by atoms with Crippen molar-refractivity contribution in [3.05, 3.63) is 35.9 Å². The van der Waals surface area contributed by atoms with Gasteiger partial charge in [0.2, 0.25) is 0 Å². The van der Waals surface area contributed by atoms with Crippen molar-refractivity contribution < 1.29 is 4.79 Å². The lowest BCUT2D eigenvalue weighted by Gasteiger charge is -2.19. The highest BCUT2D eigenvalue weighted by atomic mass is 16.2. The van der Waals surface area contributed by atoms with Crippen LogP contribution in [0.1, 0.15) is 30.6 Å². The number of carbonyl (C=O) groups excluding carboxylic acids is 1. The predicted octanol–water partition coefficient (Wildman–Crippen LogP) is 2.64. The lowest BCUT2D eigenvalue weighted by atomic mass is 10.1. The second-order valence-corrected chi connectivity index (χ2v) is 5.63. The van der Waals surface area contributed by atoms with E-state index in [0.29, 0.717) is 17.3 Å². The standard InChI is InChI=1S/C16H22N4O/c1-11(2)8-9-20(3)16(21)13-10-15(19-17)18-14-7-5-4-6-12(13)14/h4-7,10-11H,8-9,17H2,1-3H3,(H,18,19). The first-order valence-electron chi connectivity index (χ1n) is 7.14. The van der Waals surface area contributed by atoms with Crippen LogP contribution >= 0.6 is 0 Å². The number of pyridine rings is 1. The number of amides is 1. The van der Waals surface area contributed by atoms with Gasteiger partial charge in [-0.3, -0.25) is 4.79 Å². The van der Waals surface area contributed by atoms with Crippen molar-refractivity contribution in [3.63, 3.8) is 0 Å². The van der Waals surface area contributed by atoms with Crippen LogP contribution in [0.3, 0.4) is 0 Å². The van der Waals surface area contributed by atoms with Crippen molar-refractivity contribution in [1.82, 2.24) is 9.88 Å². The molecule has 2 aromatic rings. The third-order valence-electron chi connectivity index (χ3n) is 3.48. The lowest BCUT2D eigenvalue weighted by Crippen LogP contribution is -2.29. The first kappa shape index (κ1) is 15.3. The highest BCUT2D eigenvalue weighted by Gasteiger charge is 2.16. The summed E-state index contributed by atoms with van der Waals surface area (Å²) < 4.78 is 0. The number of aromatic nitrogens is 1. The summed E-state index contributed by atoms with van der Waals surface area (Å²) in [6.07, 6.45) is 0.979. The molecule has 0 aliphatic heterocycles. The number of nitrogens with zero attached hydrogens (tertiary/aromatic N) is 2. The monoisotopic (exact) mass is 286 g/mol. The second-order valence-electron chi connectivity index (χ2n) is 5.63. The van der Waals surface area contributed by atoms with Crippen molar-refractivity contribution in [1.29, 1.82) is 0 Å². The molecule has 0 saturated carbocycles. The number of anilines is 1. The van der Waals surface area contributed by atoms with Crippen LogP contribution in [0.5, 0.6) is 0 Å². The van der Waals surface area contributed by atoms with Gasteiger partial charge < -0.3 is 10.3 Å². The van der Waals surface area contributed by atoms with Gasteiger partial charge in [-0.1, -0.05) is 32.0 Å². The van der Waals surface area contributed by atoms with Crippen LogP contribution in [-0.4, -0.2) is 29.4 Å². The van der Waals surface area contributed by atoms with Crippen LogP contribution in [0.25, 0.3) is 10.9 Å². The van der Waals surface area contributed by atoms with Crippen molar-refractivity contribution in [2.45, 2.75) is 20.3 Å². The van der Waals surface area contributed by atoms with Gasteiger partial charge in [0.15, 0.2) is 0 Å². The molecule has 1 aromatic carbocycles. The Labute approximate surface area is 125 Å². The lowest BCUT2D eigenvalue weighted by molar-refractivity contribution is 0.0791. The minimum Gasteiger partial charge on any atom is -0.342 e. The molecule has 21 heavy (non-hydrogen) atoms. The summed E-state index contributed by atoms with van der Waals surface area (Å²) in [5, 5.41) is 0.845. The molecule has 0 aliphatic rings. The van der Waals surface area contributed by atoms with Gasteiger partial charge in [0.05, 0.1) is 11.1 Å². The van der Waals surface area contributed by atoms with Crippen molar-refractivity contribution in [2.24, 2.45) is 11.8 Å². The Hall–Kier alpha value is -2.14. The fourth-order valence-electron chi connectivity index (χ4n) is 2.19. The molecule has 3 N–H and O–H groups in total. The van der Waals surface area contributed by atoms with Gasteiger partial charge in [0.1, 0.15) is 5.82 Å². The number of nitrogens with one attached hydrogen (secondary N) is 1. The van der Waals surface area contributed by atoms with Gasteiger partial charge in [-0.05, 0) is 24.5 Å². The number of benzene rings is 1. The van der Waals surface area contributed by atoms with E-state index >= 15 is 0 Å². The van der Waals surface area contributed by atoms with E-state index in [4.69, 9.17) is 5.84 Å². The second kappa shape index (κ2) is 6.54. The molecular formula is C16H22N4O. The molecule has 0 spiro atoms. The summed E-state index contributed by atoms with van der Waals surface area (Å²) in [5.74, 6) is 6.50. The summed E-state index contributed by atoms with van der Waals surface area (Å²) in [5.41, 5.74) is 3.90. The van der Waals surface area contributed by atoms with E-state index in [-0.39, 0.29) is 5.91 Å². The molecule has 0 atom stereocenters. The van der Waals surface area contributed by atoms with Crippen molar-refractivity contribution in [3.8, 4) is 0 Å². The first-order valence-corrected chi connectivity index (χ1v) is 7.14. The highest BCUT2D eigenvalue weighted by Crippen LogP contribution is 2.21. The van der Waals surface area contributed by atoms with Crippen LogP contribution in [0.4, 0.5) is 5.82 Å². The van der Waals surface area contributed by atoms with Crippen LogP contribution in [0, 0.1) is 5.92 Å². The number of hydrogen-bond acceptors (Lipinski definition) is 4. The van der Waals surface area contributed by atoms with E-state index in [0.717, 1.165) is 23.9 Å².